The maximum atomic E-state index is 13.4. The number of anilines is 1. The van der Waals surface area contributed by atoms with E-state index in [0.717, 1.165) is 42.8 Å². The zero-order valence-corrected chi connectivity index (χ0v) is 17.9. The van der Waals surface area contributed by atoms with Crippen LogP contribution in [0.4, 0.5) is 5.82 Å². The van der Waals surface area contributed by atoms with Gasteiger partial charge in [-0.3, -0.25) is 19.5 Å². The second-order valence-corrected chi connectivity index (χ2v) is 8.81. The molecular formula is C23H24N6O2. The number of allylic oxidation sites excluding steroid dienone is 4. The molecule has 2 aliphatic heterocycles. The Bertz CT molecular complexity index is 1130. The SMILES string of the molecule is Cc1ncc(C2=CCC3C(=C2)N(c2cncc(C(=O)N4CCC4)n2)C(=O)C3(C)C)cn1. The fraction of sp³-hybridized carbons (Fsp3) is 0.391. The van der Waals surface area contributed by atoms with E-state index in [0.29, 0.717) is 11.6 Å². The van der Waals surface area contributed by atoms with Crippen molar-refractivity contribution >= 4 is 23.2 Å². The van der Waals surface area contributed by atoms with Crippen LogP contribution in [0.5, 0.6) is 0 Å². The lowest BCUT2D eigenvalue weighted by Gasteiger charge is -2.30. The van der Waals surface area contributed by atoms with Crippen molar-refractivity contribution in [2.24, 2.45) is 11.3 Å². The van der Waals surface area contributed by atoms with Crippen LogP contribution in [0.2, 0.25) is 0 Å². The molecule has 8 nitrogen and oxygen atoms in total. The number of hydrogen-bond donors (Lipinski definition) is 0. The van der Waals surface area contributed by atoms with Gasteiger partial charge in [-0.1, -0.05) is 19.9 Å². The average molecular weight is 416 g/mol. The second-order valence-electron chi connectivity index (χ2n) is 8.81. The molecule has 1 unspecified atom stereocenters. The predicted molar refractivity (Wildman–Crippen MR) is 115 cm³/mol. The number of carbonyl (C=O) groups excluding carboxylic acids is 2. The summed E-state index contributed by atoms with van der Waals surface area (Å²) in [7, 11) is 0. The number of hydrogen-bond acceptors (Lipinski definition) is 6. The molecule has 2 amide bonds. The van der Waals surface area contributed by atoms with E-state index in [-0.39, 0.29) is 23.4 Å². The lowest BCUT2D eigenvalue weighted by Crippen LogP contribution is -2.42. The van der Waals surface area contributed by atoms with Gasteiger partial charge in [0.05, 0.1) is 17.8 Å². The number of fused-ring (bicyclic) bond motifs is 1. The highest BCUT2D eigenvalue weighted by atomic mass is 16.2. The largest absolute Gasteiger partial charge is 0.337 e. The lowest BCUT2D eigenvalue weighted by molar-refractivity contribution is -0.125. The summed E-state index contributed by atoms with van der Waals surface area (Å²) in [5.41, 5.74) is 2.43. The van der Waals surface area contributed by atoms with Crippen LogP contribution in [-0.2, 0) is 4.79 Å². The van der Waals surface area contributed by atoms with Crippen molar-refractivity contribution in [3.8, 4) is 0 Å². The van der Waals surface area contributed by atoms with Gasteiger partial charge in [0.25, 0.3) is 5.91 Å². The zero-order chi connectivity index (χ0) is 21.8. The van der Waals surface area contributed by atoms with Crippen molar-refractivity contribution in [1.29, 1.82) is 0 Å². The summed E-state index contributed by atoms with van der Waals surface area (Å²) in [4.78, 5) is 46.8. The lowest BCUT2D eigenvalue weighted by atomic mass is 9.75. The molecule has 0 N–H and O–H groups in total. The summed E-state index contributed by atoms with van der Waals surface area (Å²) in [5.74, 6) is 0.939. The molecule has 2 saturated heterocycles. The first-order chi connectivity index (χ1) is 14.9. The fourth-order valence-electron chi connectivity index (χ4n) is 4.35. The molecule has 8 heteroatoms. The first-order valence-electron chi connectivity index (χ1n) is 10.5. The van der Waals surface area contributed by atoms with E-state index in [1.54, 1.807) is 28.4 Å². The molecule has 0 bridgehead atoms. The van der Waals surface area contributed by atoms with Crippen LogP contribution in [-0.4, -0.2) is 49.7 Å². The van der Waals surface area contributed by atoms with Crippen molar-refractivity contribution in [2.45, 2.75) is 33.6 Å². The Labute approximate surface area is 180 Å². The van der Waals surface area contributed by atoms with Crippen molar-refractivity contribution in [1.82, 2.24) is 24.8 Å². The van der Waals surface area contributed by atoms with Crippen LogP contribution in [0, 0.1) is 18.3 Å². The Balaban J connectivity index is 1.54. The second kappa shape index (κ2) is 7.08. The van der Waals surface area contributed by atoms with E-state index in [1.807, 2.05) is 26.8 Å². The molecule has 0 saturated carbocycles. The van der Waals surface area contributed by atoms with Gasteiger partial charge in [0.15, 0.2) is 5.82 Å². The van der Waals surface area contributed by atoms with Gasteiger partial charge in [-0.25, -0.2) is 15.0 Å². The number of rotatable bonds is 3. The molecule has 3 aliphatic rings. The summed E-state index contributed by atoms with van der Waals surface area (Å²) in [6.07, 6.45) is 12.5. The number of nitrogens with zero attached hydrogens (tertiary/aromatic N) is 6. The van der Waals surface area contributed by atoms with Crippen LogP contribution in [0.1, 0.15) is 48.6 Å². The monoisotopic (exact) mass is 416 g/mol. The molecule has 0 aromatic carbocycles. The maximum absolute atomic E-state index is 13.4. The summed E-state index contributed by atoms with van der Waals surface area (Å²) in [6.45, 7) is 7.25. The highest BCUT2D eigenvalue weighted by Crippen LogP contribution is 2.50. The minimum absolute atomic E-state index is 0.0201. The molecule has 4 heterocycles. The molecule has 158 valence electrons. The summed E-state index contributed by atoms with van der Waals surface area (Å²) < 4.78 is 0. The Kier molecular flexibility index (Phi) is 4.46. The van der Waals surface area contributed by atoms with Gasteiger partial charge in [-0.2, -0.15) is 0 Å². The van der Waals surface area contributed by atoms with Crippen molar-refractivity contribution in [3.63, 3.8) is 0 Å². The zero-order valence-electron chi connectivity index (χ0n) is 17.9. The van der Waals surface area contributed by atoms with Gasteiger partial charge in [0.1, 0.15) is 11.5 Å². The number of aromatic nitrogens is 4. The van der Waals surface area contributed by atoms with Gasteiger partial charge >= 0.3 is 0 Å². The molecule has 0 radical (unpaired) electrons. The van der Waals surface area contributed by atoms with Crippen LogP contribution in [0.25, 0.3) is 5.57 Å². The number of amides is 2. The van der Waals surface area contributed by atoms with Gasteiger partial charge in [0.2, 0.25) is 5.91 Å². The highest BCUT2D eigenvalue weighted by molar-refractivity contribution is 6.04. The predicted octanol–water partition coefficient (Wildman–Crippen LogP) is 2.78. The Morgan fingerprint density at radius 2 is 1.87 bits per heavy atom. The van der Waals surface area contributed by atoms with Crippen LogP contribution in [0.15, 0.2) is 42.6 Å². The van der Waals surface area contributed by atoms with Gasteiger partial charge < -0.3 is 4.90 Å². The maximum Gasteiger partial charge on any atom is 0.274 e. The number of aryl methyl sites for hydroxylation is 1. The minimum Gasteiger partial charge on any atom is -0.337 e. The Hall–Kier alpha value is -3.42. The van der Waals surface area contributed by atoms with Crippen LogP contribution >= 0.6 is 0 Å². The quantitative estimate of drug-likeness (QED) is 0.764. The molecule has 2 fully saturated rings. The van der Waals surface area contributed by atoms with E-state index in [2.05, 4.69) is 26.0 Å². The fourth-order valence-corrected chi connectivity index (χ4v) is 4.35. The highest BCUT2D eigenvalue weighted by Gasteiger charge is 2.52. The minimum atomic E-state index is -0.587. The van der Waals surface area contributed by atoms with Crippen molar-refractivity contribution in [3.05, 3.63) is 59.7 Å². The Morgan fingerprint density at radius 3 is 2.55 bits per heavy atom. The standard InChI is InChI=1S/C23H24N6O2/c1-14-25-10-16(11-26-14)15-5-6-17-19(9-15)29(22(31)23(17,2)3)20-13-24-12-18(27-20)21(30)28-7-4-8-28/h5,9-13,17H,4,6-8H2,1-3H3. The summed E-state index contributed by atoms with van der Waals surface area (Å²) in [5, 5.41) is 0. The molecule has 2 aromatic heterocycles. The van der Waals surface area contributed by atoms with E-state index >= 15 is 0 Å². The molecule has 31 heavy (non-hydrogen) atoms. The first kappa shape index (κ1) is 19.5. The van der Waals surface area contributed by atoms with E-state index < -0.39 is 5.41 Å². The molecule has 2 aromatic rings. The third kappa shape index (κ3) is 3.13. The first-order valence-corrected chi connectivity index (χ1v) is 10.5. The van der Waals surface area contributed by atoms with Crippen molar-refractivity contribution in [2.75, 3.05) is 18.0 Å². The van der Waals surface area contributed by atoms with E-state index in [1.165, 1.54) is 6.20 Å². The molecular weight excluding hydrogens is 392 g/mol. The molecule has 1 atom stereocenters. The third-order valence-corrected chi connectivity index (χ3v) is 6.45. The third-order valence-electron chi connectivity index (χ3n) is 6.45. The molecule has 0 spiro atoms. The Morgan fingerprint density at radius 1 is 1.13 bits per heavy atom. The smallest absolute Gasteiger partial charge is 0.274 e. The van der Waals surface area contributed by atoms with E-state index in [4.69, 9.17) is 0 Å². The van der Waals surface area contributed by atoms with E-state index in [9.17, 15) is 9.59 Å². The van der Waals surface area contributed by atoms with Gasteiger partial charge in [0, 0.05) is 42.7 Å². The van der Waals surface area contributed by atoms with Crippen LogP contribution in [0.3, 0.4) is 0 Å². The molecule has 5 rings (SSSR count). The topological polar surface area (TPSA) is 92.2 Å². The van der Waals surface area contributed by atoms with Crippen LogP contribution < -0.4 is 4.90 Å². The van der Waals surface area contributed by atoms with Gasteiger partial charge in [-0.15, -0.1) is 0 Å². The summed E-state index contributed by atoms with van der Waals surface area (Å²) in [6, 6.07) is 0. The number of likely N-dealkylation sites (tertiary alicyclic amines) is 1. The van der Waals surface area contributed by atoms with Gasteiger partial charge in [-0.05, 0) is 31.4 Å². The summed E-state index contributed by atoms with van der Waals surface area (Å²) >= 11 is 0. The average Bonchev–Trinajstić information content (AvgIpc) is 2.92. The molecule has 1 aliphatic carbocycles. The normalized spacial score (nSPS) is 21.9. The number of carbonyl (C=O) groups is 2. The van der Waals surface area contributed by atoms with Crippen molar-refractivity contribution < 1.29 is 9.59 Å².